The number of piperidine rings is 1. The monoisotopic (exact) mass is 792 g/mol. The third-order valence-electron chi connectivity index (χ3n) is 11.4. The van der Waals surface area contributed by atoms with Crippen molar-refractivity contribution in [2.45, 2.75) is 116 Å². The van der Waals surface area contributed by atoms with E-state index < -0.39 is 41.3 Å². The minimum atomic E-state index is -4.97. The Morgan fingerprint density at radius 2 is 1.57 bits per heavy atom. The van der Waals surface area contributed by atoms with E-state index in [1.54, 1.807) is 12.1 Å². The predicted octanol–water partition coefficient (Wildman–Crippen LogP) is 9.68. The molecule has 2 N–H and O–H groups in total. The molecule has 5 rings (SSSR count). The van der Waals surface area contributed by atoms with E-state index in [0.717, 1.165) is 38.1 Å². The van der Waals surface area contributed by atoms with Crippen molar-refractivity contribution in [3.8, 4) is 0 Å². The SMILES string of the molecule is CC1(C)CCC(C)(CCOB(P)S)C1.O=C(NCc1cc(C(F)(F)F)cc(C(F)(F)F)c1)C1(CCO)CCC(N2CCC(c3ccc(F)cc3)CC2)C1. The Kier molecular flexibility index (Phi) is 14.9. The number of halogens is 7. The van der Waals surface area contributed by atoms with Gasteiger partial charge < -0.3 is 20.0 Å². The summed E-state index contributed by atoms with van der Waals surface area (Å²) >= 11 is 4.18. The molecule has 0 aromatic heterocycles. The summed E-state index contributed by atoms with van der Waals surface area (Å²) in [5.41, 5.74) is -2.01. The van der Waals surface area contributed by atoms with Crippen LogP contribution in [0.5, 0.6) is 0 Å². The minimum Gasteiger partial charge on any atom is -0.422 e. The summed E-state index contributed by atoms with van der Waals surface area (Å²) in [4.78, 5) is 15.6. The summed E-state index contributed by atoms with van der Waals surface area (Å²) in [6.07, 6.45) is -1.26. The van der Waals surface area contributed by atoms with Crippen molar-refractivity contribution in [3.05, 3.63) is 70.5 Å². The van der Waals surface area contributed by atoms with E-state index in [1.807, 2.05) is 0 Å². The van der Waals surface area contributed by atoms with Crippen molar-refractivity contribution >= 4 is 33.4 Å². The molecule has 1 saturated heterocycles. The molecule has 0 bridgehead atoms. The van der Waals surface area contributed by atoms with Crippen LogP contribution >= 0.6 is 21.6 Å². The van der Waals surface area contributed by atoms with E-state index in [2.05, 4.69) is 52.6 Å². The van der Waals surface area contributed by atoms with Gasteiger partial charge in [-0.05, 0) is 136 Å². The maximum atomic E-state index is 13.3. The molecule has 15 heteroatoms. The molecule has 1 amide bonds. The van der Waals surface area contributed by atoms with E-state index >= 15 is 0 Å². The minimum absolute atomic E-state index is 0.00647. The molecule has 3 aliphatic rings. The number of nitrogens with one attached hydrogen (secondary N) is 1. The van der Waals surface area contributed by atoms with Gasteiger partial charge in [0.25, 0.3) is 0 Å². The fraction of sp³-hybridized carbons (Fsp3) is 0.658. The summed E-state index contributed by atoms with van der Waals surface area (Å²) < 4.78 is 97.9. The zero-order valence-electron chi connectivity index (χ0n) is 30.8. The summed E-state index contributed by atoms with van der Waals surface area (Å²) in [6, 6.07) is 7.83. The Hall–Kier alpha value is -1.86. The van der Waals surface area contributed by atoms with E-state index in [1.165, 1.54) is 37.8 Å². The van der Waals surface area contributed by atoms with Crippen LogP contribution in [-0.4, -0.2) is 54.2 Å². The van der Waals surface area contributed by atoms with E-state index in [-0.39, 0.29) is 42.4 Å². The number of carbonyl (C=O) groups is 1. The number of amides is 1. The third-order valence-corrected chi connectivity index (χ3v) is 11.8. The van der Waals surface area contributed by atoms with Crippen molar-refractivity contribution in [1.29, 1.82) is 0 Å². The van der Waals surface area contributed by atoms with Crippen LogP contribution < -0.4 is 5.32 Å². The van der Waals surface area contributed by atoms with Crippen molar-refractivity contribution in [1.82, 2.24) is 10.2 Å². The number of alkyl halides is 6. The first-order valence-electron chi connectivity index (χ1n) is 18.4. The number of aliphatic hydroxyl groups is 1. The molecular formula is C38H53BF7N2O3PS. The molecule has 2 aromatic rings. The molecule has 0 spiro atoms. The van der Waals surface area contributed by atoms with Gasteiger partial charge in [-0.3, -0.25) is 4.79 Å². The molecule has 4 unspecified atom stereocenters. The highest BCUT2D eigenvalue weighted by Crippen LogP contribution is 2.51. The first kappa shape index (κ1) is 43.9. The lowest BCUT2D eigenvalue weighted by Gasteiger charge is -2.37. The highest BCUT2D eigenvalue weighted by Gasteiger charge is 2.47. The number of likely N-dealkylation sites (tertiary alicyclic amines) is 1. The van der Waals surface area contributed by atoms with Crippen LogP contribution in [0.4, 0.5) is 30.7 Å². The molecule has 296 valence electrons. The van der Waals surface area contributed by atoms with Crippen molar-refractivity contribution < 1.29 is 45.3 Å². The molecule has 1 aliphatic heterocycles. The standard InChI is InChI=1S/C28H31F7N2O2.C10H22BOPS/c29-23-3-1-19(2-4-23)20-6-10-37(11-7-20)24-5-8-26(16-24,9-12-38)25(39)36-17-18-13-21(27(30,31)32)15-22(14-18)28(33,34)35;1-9(2)4-5-10(3,8-9)6-7-12-11(13)14/h1-4,13-15,20,24,38H,5-12,16-17H2,(H,36,39);14H,4-8,13H2,1-3H3. The topological polar surface area (TPSA) is 61.8 Å². The first-order chi connectivity index (χ1) is 24.6. The largest absolute Gasteiger partial charge is 0.422 e. The smallest absolute Gasteiger partial charge is 0.416 e. The Balaban J connectivity index is 0.000000376. The van der Waals surface area contributed by atoms with E-state index in [4.69, 9.17) is 4.65 Å². The second kappa shape index (κ2) is 17.9. The third kappa shape index (κ3) is 12.6. The van der Waals surface area contributed by atoms with Gasteiger partial charge in [-0.1, -0.05) is 32.9 Å². The lowest BCUT2D eigenvalue weighted by molar-refractivity contribution is -0.143. The van der Waals surface area contributed by atoms with Gasteiger partial charge in [0, 0.05) is 25.8 Å². The number of nitrogens with zero attached hydrogens (tertiary/aromatic N) is 1. The molecule has 53 heavy (non-hydrogen) atoms. The molecule has 5 nitrogen and oxygen atoms in total. The van der Waals surface area contributed by atoms with Gasteiger partial charge in [0.05, 0.1) is 16.5 Å². The second-order valence-corrected chi connectivity index (χ2v) is 17.9. The van der Waals surface area contributed by atoms with Gasteiger partial charge in [-0.2, -0.15) is 38.8 Å². The van der Waals surface area contributed by atoms with Gasteiger partial charge in [-0.25, -0.2) is 4.39 Å². The van der Waals surface area contributed by atoms with Crippen molar-refractivity contribution in [2.24, 2.45) is 16.2 Å². The van der Waals surface area contributed by atoms with Gasteiger partial charge in [0.15, 0.2) is 0 Å². The van der Waals surface area contributed by atoms with Crippen LogP contribution in [0.25, 0.3) is 0 Å². The number of hydrogen-bond acceptors (Lipinski definition) is 5. The average Bonchev–Trinajstić information content (AvgIpc) is 3.63. The zero-order chi connectivity index (χ0) is 39.2. The second-order valence-electron chi connectivity index (χ2n) is 16.3. The number of hydrogen-bond donors (Lipinski definition) is 3. The summed E-state index contributed by atoms with van der Waals surface area (Å²) in [5.74, 6) is -0.462. The normalized spacial score (nSPS) is 25.2. The quantitative estimate of drug-likeness (QED) is 0.0919. The van der Waals surface area contributed by atoms with Crippen LogP contribution in [0.2, 0.25) is 0 Å². The van der Waals surface area contributed by atoms with Crippen molar-refractivity contribution in [3.63, 3.8) is 0 Å². The molecule has 3 fully saturated rings. The first-order valence-corrected chi connectivity index (χ1v) is 19.5. The number of carbonyl (C=O) groups excluding carboxylic acids is 1. The van der Waals surface area contributed by atoms with Crippen LogP contribution in [0, 0.1) is 22.1 Å². The Labute approximate surface area is 317 Å². The van der Waals surface area contributed by atoms with Crippen LogP contribution in [-0.2, 0) is 28.3 Å². The van der Waals surface area contributed by atoms with Crippen LogP contribution in [0.1, 0.15) is 113 Å². The van der Waals surface area contributed by atoms with Crippen LogP contribution in [0.15, 0.2) is 42.5 Å². The van der Waals surface area contributed by atoms with E-state index in [0.29, 0.717) is 48.1 Å². The Bertz CT molecular complexity index is 1470. The van der Waals surface area contributed by atoms with E-state index in [9.17, 15) is 40.6 Å². The molecule has 4 atom stereocenters. The van der Waals surface area contributed by atoms with Gasteiger partial charge in [0.2, 0.25) is 5.91 Å². The number of rotatable bonds is 11. The zero-order valence-corrected chi connectivity index (χ0v) is 32.8. The molecule has 2 aromatic carbocycles. The molecule has 2 saturated carbocycles. The summed E-state index contributed by atoms with van der Waals surface area (Å²) in [5, 5.41) is 12.2. The van der Waals surface area contributed by atoms with Crippen LogP contribution in [0.3, 0.4) is 0 Å². The number of thiol groups is 1. The lowest BCUT2D eigenvalue weighted by Crippen LogP contribution is -2.43. The lowest BCUT2D eigenvalue weighted by atomic mass is 9.81. The maximum Gasteiger partial charge on any atom is 0.416 e. The Morgan fingerprint density at radius 3 is 2.08 bits per heavy atom. The van der Waals surface area contributed by atoms with Gasteiger partial charge >= 0.3 is 18.3 Å². The number of benzene rings is 2. The fourth-order valence-corrected chi connectivity index (χ4v) is 8.85. The highest BCUT2D eigenvalue weighted by atomic mass is 32.1. The fourth-order valence-electron chi connectivity index (χ4n) is 8.61. The summed E-state index contributed by atoms with van der Waals surface area (Å²) in [7, 11) is 2.55. The maximum absolute atomic E-state index is 13.3. The molecule has 1 heterocycles. The molecular weight excluding hydrogens is 739 g/mol. The number of aliphatic hydroxyl groups excluding tert-OH is 1. The van der Waals surface area contributed by atoms with Gasteiger partial charge in [0.1, 0.15) is 5.82 Å². The summed E-state index contributed by atoms with van der Waals surface area (Å²) in [6.45, 7) is 8.78. The average molecular weight is 793 g/mol. The highest BCUT2D eigenvalue weighted by molar-refractivity contribution is 8.23. The van der Waals surface area contributed by atoms with Crippen molar-refractivity contribution in [2.75, 3.05) is 26.3 Å². The predicted molar refractivity (Wildman–Crippen MR) is 201 cm³/mol. The molecule has 0 radical (unpaired) electrons. The van der Waals surface area contributed by atoms with Gasteiger partial charge in [-0.15, -0.1) is 9.12 Å². The molecule has 2 aliphatic carbocycles. The Morgan fingerprint density at radius 1 is 0.962 bits per heavy atom.